The van der Waals surface area contributed by atoms with Gasteiger partial charge in [-0.1, -0.05) is 11.6 Å². The van der Waals surface area contributed by atoms with E-state index in [1.54, 1.807) is 19.1 Å². The first-order valence-corrected chi connectivity index (χ1v) is 8.48. The first-order chi connectivity index (χ1) is 12.3. The van der Waals surface area contributed by atoms with Crippen molar-refractivity contribution in [1.82, 2.24) is 0 Å². The van der Waals surface area contributed by atoms with Crippen LogP contribution in [0.3, 0.4) is 0 Å². The molecule has 2 aromatic rings. The van der Waals surface area contributed by atoms with E-state index in [1.807, 2.05) is 0 Å². The van der Waals surface area contributed by atoms with Gasteiger partial charge >= 0.3 is 6.61 Å². The zero-order valence-electron chi connectivity index (χ0n) is 13.3. The van der Waals surface area contributed by atoms with E-state index in [0.717, 1.165) is 0 Å². The molecule has 2 aromatic carbocycles. The molecule has 26 heavy (non-hydrogen) atoms. The van der Waals surface area contributed by atoms with Crippen LogP contribution < -0.4 is 10.1 Å². The molecule has 0 saturated heterocycles. The second-order valence-electron chi connectivity index (χ2n) is 5.02. The molecule has 1 N–H and O–H groups in total. The Morgan fingerprint density at radius 3 is 2.46 bits per heavy atom. The normalized spacial score (nSPS) is 11.9. The molecular weight excluding hydrogens is 390 g/mol. The SMILES string of the molecule is C[C@@H](Sc1ccc([N+](=O)[O-])cc1)C(=O)Nc1ccc(OC(F)F)c(Cl)c1. The number of benzene rings is 2. The minimum Gasteiger partial charge on any atom is -0.433 e. The summed E-state index contributed by atoms with van der Waals surface area (Å²) in [5, 5.41) is 12.7. The van der Waals surface area contributed by atoms with Gasteiger partial charge in [-0.2, -0.15) is 8.78 Å². The molecule has 1 atom stereocenters. The molecule has 0 aromatic heterocycles. The fourth-order valence-electron chi connectivity index (χ4n) is 1.92. The Morgan fingerprint density at radius 1 is 1.27 bits per heavy atom. The average Bonchev–Trinajstić information content (AvgIpc) is 2.57. The number of nitrogens with zero attached hydrogens (tertiary/aromatic N) is 1. The largest absolute Gasteiger partial charge is 0.433 e. The van der Waals surface area contributed by atoms with Crippen molar-refractivity contribution in [2.24, 2.45) is 0 Å². The van der Waals surface area contributed by atoms with E-state index < -0.39 is 16.8 Å². The molecule has 0 spiro atoms. The summed E-state index contributed by atoms with van der Waals surface area (Å²) in [5.74, 6) is -0.528. The number of rotatable bonds is 7. The van der Waals surface area contributed by atoms with Gasteiger partial charge < -0.3 is 10.1 Å². The third kappa shape index (κ3) is 5.57. The van der Waals surface area contributed by atoms with Crippen LogP contribution in [-0.2, 0) is 4.79 Å². The van der Waals surface area contributed by atoms with E-state index in [2.05, 4.69) is 10.1 Å². The number of ether oxygens (including phenoxy) is 1. The van der Waals surface area contributed by atoms with Crippen molar-refractivity contribution in [3.63, 3.8) is 0 Å². The molecule has 0 aliphatic heterocycles. The number of amides is 1. The van der Waals surface area contributed by atoms with E-state index >= 15 is 0 Å². The lowest BCUT2D eigenvalue weighted by molar-refractivity contribution is -0.384. The minimum atomic E-state index is -2.99. The zero-order chi connectivity index (χ0) is 19.3. The fraction of sp³-hybridized carbons (Fsp3) is 0.188. The van der Waals surface area contributed by atoms with Gasteiger partial charge in [-0.3, -0.25) is 14.9 Å². The van der Waals surface area contributed by atoms with Gasteiger partial charge in [0.05, 0.1) is 15.2 Å². The molecule has 2 rings (SSSR count). The van der Waals surface area contributed by atoms with Crippen LogP contribution in [0.4, 0.5) is 20.2 Å². The van der Waals surface area contributed by atoms with E-state index in [0.29, 0.717) is 10.6 Å². The molecule has 0 aliphatic carbocycles. The van der Waals surface area contributed by atoms with Crippen molar-refractivity contribution >= 4 is 40.6 Å². The van der Waals surface area contributed by atoms with E-state index in [-0.39, 0.29) is 22.4 Å². The topological polar surface area (TPSA) is 81.5 Å². The highest BCUT2D eigenvalue weighted by molar-refractivity contribution is 8.00. The Bertz CT molecular complexity index is 805. The Balaban J connectivity index is 1.98. The molecule has 0 saturated carbocycles. The molecule has 0 radical (unpaired) electrons. The maximum atomic E-state index is 12.2. The maximum absolute atomic E-state index is 12.2. The quantitative estimate of drug-likeness (QED) is 0.401. The molecule has 0 fully saturated rings. The smallest absolute Gasteiger partial charge is 0.387 e. The zero-order valence-corrected chi connectivity index (χ0v) is 14.9. The third-order valence-corrected chi connectivity index (χ3v) is 4.55. The van der Waals surface area contributed by atoms with Crippen molar-refractivity contribution in [2.45, 2.75) is 23.7 Å². The Hall–Kier alpha value is -2.39. The van der Waals surface area contributed by atoms with Gasteiger partial charge in [-0.15, -0.1) is 11.8 Å². The van der Waals surface area contributed by atoms with Crippen LogP contribution in [-0.4, -0.2) is 22.7 Å². The highest BCUT2D eigenvalue weighted by atomic mass is 35.5. The summed E-state index contributed by atoms with van der Waals surface area (Å²) in [6.07, 6.45) is 0. The van der Waals surface area contributed by atoms with Crippen molar-refractivity contribution < 1.29 is 23.2 Å². The summed E-state index contributed by atoms with van der Waals surface area (Å²) in [7, 11) is 0. The van der Waals surface area contributed by atoms with E-state index in [1.165, 1.54) is 42.1 Å². The molecule has 10 heteroatoms. The van der Waals surface area contributed by atoms with Crippen LogP contribution >= 0.6 is 23.4 Å². The molecular formula is C16H13ClF2N2O4S. The van der Waals surface area contributed by atoms with Crippen LogP contribution in [0.1, 0.15) is 6.92 Å². The second-order valence-corrected chi connectivity index (χ2v) is 6.85. The van der Waals surface area contributed by atoms with Crippen LogP contribution in [0.15, 0.2) is 47.4 Å². The van der Waals surface area contributed by atoms with Crippen molar-refractivity contribution in [3.8, 4) is 5.75 Å². The van der Waals surface area contributed by atoms with Crippen LogP contribution in [0.25, 0.3) is 0 Å². The highest BCUT2D eigenvalue weighted by Gasteiger charge is 2.16. The van der Waals surface area contributed by atoms with Gasteiger partial charge in [-0.25, -0.2) is 0 Å². The third-order valence-electron chi connectivity index (χ3n) is 3.15. The standard InChI is InChI=1S/C16H13ClF2N2O4S/c1-9(26-12-5-3-11(4-6-12)21(23)24)15(22)20-10-2-7-14(13(17)8-10)25-16(18)19/h2-9,16H,1H3,(H,20,22)/t9-/m1/s1. The van der Waals surface area contributed by atoms with Gasteiger partial charge in [0, 0.05) is 22.7 Å². The Morgan fingerprint density at radius 2 is 1.92 bits per heavy atom. The number of anilines is 1. The first-order valence-electron chi connectivity index (χ1n) is 7.22. The van der Waals surface area contributed by atoms with Crippen LogP contribution in [0.2, 0.25) is 5.02 Å². The maximum Gasteiger partial charge on any atom is 0.387 e. The predicted octanol–water partition coefficient (Wildman–Crippen LogP) is 4.97. The van der Waals surface area contributed by atoms with Crippen LogP contribution in [0, 0.1) is 10.1 Å². The number of alkyl halides is 2. The number of hydrogen-bond donors (Lipinski definition) is 1. The number of hydrogen-bond acceptors (Lipinski definition) is 5. The van der Waals surface area contributed by atoms with E-state index in [4.69, 9.17) is 11.6 Å². The first kappa shape index (κ1) is 19.9. The summed E-state index contributed by atoms with van der Waals surface area (Å²) < 4.78 is 28.6. The monoisotopic (exact) mass is 402 g/mol. The van der Waals surface area contributed by atoms with Crippen molar-refractivity contribution in [3.05, 3.63) is 57.6 Å². The molecule has 138 valence electrons. The number of non-ortho nitro benzene ring substituents is 1. The number of halogens is 3. The number of nitrogens with one attached hydrogen (secondary N) is 1. The Kier molecular flexibility index (Phi) is 6.76. The van der Waals surface area contributed by atoms with Crippen molar-refractivity contribution in [2.75, 3.05) is 5.32 Å². The molecule has 0 aliphatic rings. The highest BCUT2D eigenvalue weighted by Crippen LogP contribution is 2.30. The van der Waals surface area contributed by atoms with Gasteiger partial charge in [0.2, 0.25) is 5.91 Å². The average molecular weight is 403 g/mol. The number of nitro benzene ring substituents is 1. The molecule has 1 amide bonds. The number of nitro groups is 1. The Labute approximate surface area is 156 Å². The van der Waals surface area contributed by atoms with Gasteiger partial charge in [0.1, 0.15) is 5.75 Å². The minimum absolute atomic E-state index is 0.0350. The van der Waals surface area contributed by atoms with Gasteiger partial charge in [0.25, 0.3) is 5.69 Å². The summed E-state index contributed by atoms with van der Waals surface area (Å²) >= 11 is 7.05. The molecule has 0 bridgehead atoms. The number of carbonyl (C=O) groups excluding carboxylic acids is 1. The van der Waals surface area contributed by atoms with Crippen molar-refractivity contribution in [1.29, 1.82) is 0 Å². The summed E-state index contributed by atoms with van der Waals surface area (Å²) in [6.45, 7) is -1.33. The van der Waals surface area contributed by atoms with Crippen LogP contribution in [0.5, 0.6) is 5.75 Å². The number of carbonyl (C=O) groups is 1. The van der Waals surface area contributed by atoms with Gasteiger partial charge in [-0.05, 0) is 37.3 Å². The lowest BCUT2D eigenvalue weighted by Gasteiger charge is -2.13. The predicted molar refractivity (Wildman–Crippen MR) is 95.1 cm³/mol. The van der Waals surface area contributed by atoms with Gasteiger partial charge in [0.15, 0.2) is 0 Å². The number of thioether (sulfide) groups is 1. The second kappa shape index (κ2) is 8.81. The van der Waals surface area contributed by atoms with E-state index in [9.17, 15) is 23.7 Å². The molecule has 6 nitrogen and oxygen atoms in total. The summed E-state index contributed by atoms with van der Waals surface area (Å²) in [4.78, 5) is 23.0. The lowest BCUT2D eigenvalue weighted by atomic mass is 10.3. The fourth-order valence-corrected chi connectivity index (χ4v) is 3.01. The molecule has 0 heterocycles. The molecule has 0 unspecified atom stereocenters. The lowest BCUT2D eigenvalue weighted by Crippen LogP contribution is -2.22. The summed E-state index contributed by atoms with van der Waals surface area (Å²) in [5.41, 5.74) is 0.296. The summed E-state index contributed by atoms with van der Waals surface area (Å²) in [6, 6.07) is 9.76.